The van der Waals surface area contributed by atoms with Crippen LogP contribution in [0.1, 0.15) is 61.4 Å². The van der Waals surface area contributed by atoms with Crippen molar-refractivity contribution in [3.05, 3.63) is 64.7 Å². The molecule has 0 amide bonds. The van der Waals surface area contributed by atoms with Crippen molar-refractivity contribution in [3.8, 4) is 11.1 Å². The smallest absolute Gasteiger partial charge is 1.00 e. The van der Waals surface area contributed by atoms with E-state index in [1.54, 1.807) is 22.3 Å². The van der Waals surface area contributed by atoms with E-state index in [0.29, 0.717) is 0 Å². The standard InChI is InChI=1S/C22H25.C2H6Si.2ClH.Zr/c1-6-16-14-18-8-7-9-20(21(18)15(16)2)17-10-12-19(13-11-17)22(3,4)5;1-3-2;;;/h7-14H,6H2,1-5H3;1-2H3;2*1H;/q;;;;+2/p-2. The largest absolute Gasteiger partial charge is 1.00 e. The van der Waals surface area contributed by atoms with E-state index in [-0.39, 0.29) is 58.5 Å². The van der Waals surface area contributed by atoms with Gasteiger partial charge in [-0.25, -0.2) is 0 Å². The maximum atomic E-state index is 2.52. The first-order chi connectivity index (χ1) is 12.2. The van der Waals surface area contributed by atoms with Crippen LogP contribution < -0.4 is 24.8 Å². The van der Waals surface area contributed by atoms with Crippen LogP contribution in [0.25, 0.3) is 16.7 Å². The Kier molecular flexibility index (Phi) is 9.48. The fourth-order valence-corrected chi connectivity index (χ4v) is 13.3. The third-order valence-electron chi connectivity index (χ3n) is 5.49. The van der Waals surface area contributed by atoms with Crippen molar-refractivity contribution in [1.82, 2.24) is 0 Å². The van der Waals surface area contributed by atoms with Crippen LogP contribution in [0.5, 0.6) is 0 Å². The van der Waals surface area contributed by atoms with E-state index in [1.807, 2.05) is 0 Å². The van der Waals surface area contributed by atoms with Gasteiger partial charge < -0.3 is 24.8 Å². The summed E-state index contributed by atoms with van der Waals surface area (Å²) in [6, 6.07) is 16.3. The molecule has 1 aliphatic carbocycles. The maximum Gasteiger partial charge on any atom is -1.00 e. The average molecular weight is 510 g/mol. The van der Waals surface area contributed by atoms with Crippen molar-refractivity contribution in [2.75, 3.05) is 0 Å². The Hall–Kier alpha value is -0.140. The van der Waals surface area contributed by atoms with E-state index >= 15 is 0 Å². The van der Waals surface area contributed by atoms with Gasteiger partial charge in [0.05, 0.1) is 0 Å². The summed E-state index contributed by atoms with van der Waals surface area (Å²) in [5.41, 5.74) is 11.0. The van der Waals surface area contributed by atoms with Crippen molar-refractivity contribution in [3.63, 3.8) is 0 Å². The first-order valence-electron chi connectivity index (χ1n) is 9.74. The summed E-state index contributed by atoms with van der Waals surface area (Å²) < 4.78 is 0.816. The molecule has 1 radical (unpaired) electrons. The summed E-state index contributed by atoms with van der Waals surface area (Å²) in [5.74, 6) is -0.0873. The molecule has 0 aliphatic heterocycles. The molecule has 1 atom stereocenters. The zero-order valence-electron chi connectivity index (χ0n) is 18.1. The number of rotatable bonds is 4. The third kappa shape index (κ3) is 5.12. The predicted molar refractivity (Wildman–Crippen MR) is 114 cm³/mol. The zero-order valence-corrected chi connectivity index (χ0v) is 23.1. The summed E-state index contributed by atoms with van der Waals surface area (Å²) in [4.78, 5) is 0. The average Bonchev–Trinajstić information content (AvgIpc) is 2.85. The molecular weight excluding hydrogens is 478 g/mol. The first kappa shape index (κ1) is 25.9. The van der Waals surface area contributed by atoms with E-state index in [9.17, 15) is 0 Å². The number of fused-ring (bicyclic) bond motifs is 1. The quantitative estimate of drug-likeness (QED) is 0.544. The second-order valence-electron chi connectivity index (χ2n) is 8.68. The molecule has 0 heterocycles. The summed E-state index contributed by atoms with van der Waals surface area (Å²) >= 11 is -0.368. The van der Waals surface area contributed by atoms with Gasteiger partial charge in [-0.15, -0.1) is 0 Å². The number of hydrogen-bond acceptors (Lipinski definition) is 0. The molecule has 1 unspecified atom stereocenters. The summed E-state index contributed by atoms with van der Waals surface area (Å²) in [7, 11) is 0. The summed E-state index contributed by atoms with van der Waals surface area (Å²) in [6.07, 6.45) is 1.21. The monoisotopic (exact) mass is 507 g/mol. The molecule has 3 rings (SSSR count). The van der Waals surface area contributed by atoms with Crippen LogP contribution in [0.3, 0.4) is 0 Å². The van der Waals surface area contributed by atoms with Crippen molar-refractivity contribution in [1.29, 1.82) is 0 Å². The van der Waals surface area contributed by atoms with Crippen molar-refractivity contribution >= 4 is 11.5 Å². The van der Waals surface area contributed by atoms with Crippen LogP contribution in [0.2, 0.25) is 13.1 Å². The van der Waals surface area contributed by atoms with Crippen LogP contribution in [-0.2, 0) is 27.8 Å². The van der Waals surface area contributed by atoms with Gasteiger partial charge in [-0.1, -0.05) is 0 Å². The van der Waals surface area contributed by atoms with Crippen LogP contribution in [-0.4, -0.2) is 5.92 Å². The minimum absolute atomic E-state index is 0. The Labute approximate surface area is 196 Å². The van der Waals surface area contributed by atoms with Crippen LogP contribution in [0.4, 0.5) is 0 Å². The minimum atomic E-state index is -0.368. The Morgan fingerprint density at radius 3 is 2.07 bits per heavy atom. The van der Waals surface area contributed by atoms with Crippen LogP contribution in [0.15, 0.2) is 48.0 Å². The molecule has 0 nitrogen and oxygen atoms in total. The molecule has 0 spiro atoms. The summed E-state index contributed by atoms with van der Waals surface area (Å²) in [6.45, 7) is 16.6. The van der Waals surface area contributed by atoms with Gasteiger partial charge in [0.25, 0.3) is 0 Å². The molecule has 0 saturated carbocycles. The fraction of sp³-hybridized carbons (Fsp3) is 0.417. The van der Waals surface area contributed by atoms with E-state index < -0.39 is 0 Å². The molecule has 2 aromatic carbocycles. The Morgan fingerprint density at radius 1 is 0.964 bits per heavy atom. The van der Waals surface area contributed by atoms with E-state index in [2.05, 4.69) is 90.2 Å². The maximum absolute atomic E-state index is 2.52. The Bertz CT molecular complexity index is 833. The van der Waals surface area contributed by atoms with Crippen LogP contribution >= 0.6 is 0 Å². The van der Waals surface area contributed by atoms with Gasteiger partial charge in [-0.3, -0.25) is 0 Å². The molecule has 1 aliphatic rings. The van der Waals surface area contributed by atoms with Gasteiger partial charge in [0.15, 0.2) is 0 Å². The SMILES string of the molecule is CCC1=C(C)c2c(-c3ccc(C(C)(C)C)cc3)cccc2[CH]1[Zr+2][Si](C)C.[Cl-].[Cl-]. The fourth-order valence-electron chi connectivity index (χ4n) is 4.11. The molecule has 0 bridgehead atoms. The van der Waals surface area contributed by atoms with Crippen molar-refractivity contribution in [2.45, 2.75) is 63.2 Å². The first-order valence-corrected chi connectivity index (χ1v) is 17.3. The second-order valence-corrected chi connectivity index (χ2v) is 21.9. The van der Waals surface area contributed by atoms with Gasteiger partial charge in [0, 0.05) is 0 Å². The van der Waals surface area contributed by atoms with Gasteiger partial charge >= 0.3 is 173 Å². The topological polar surface area (TPSA) is 0 Å². The molecular formula is C24H31Cl2SiZr. The predicted octanol–water partition coefficient (Wildman–Crippen LogP) is 1.23. The molecule has 0 aromatic heterocycles. The van der Waals surface area contributed by atoms with Crippen molar-refractivity contribution in [2.24, 2.45) is 0 Å². The zero-order chi connectivity index (χ0) is 19.1. The van der Waals surface area contributed by atoms with E-state index in [4.69, 9.17) is 0 Å². The number of benzene rings is 2. The number of hydrogen-bond donors (Lipinski definition) is 0. The molecule has 28 heavy (non-hydrogen) atoms. The summed E-state index contributed by atoms with van der Waals surface area (Å²) in [5, 5.41) is 0. The molecule has 2 aromatic rings. The molecule has 0 N–H and O–H groups in total. The molecule has 0 fully saturated rings. The third-order valence-corrected chi connectivity index (χ3v) is 14.4. The molecule has 0 saturated heterocycles. The van der Waals surface area contributed by atoms with Crippen LogP contribution in [0, 0.1) is 0 Å². The van der Waals surface area contributed by atoms with Gasteiger partial charge in [-0.05, 0) is 0 Å². The van der Waals surface area contributed by atoms with Gasteiger partial charge in [0.1, 0.15) is 0 Å². The molecule has 4 heteroatoms. The number of allylic oxidation sites excluding steroid dienone is 2. The van der Waals surface area contributed by atoms with Gasteiger partial charge in [-0.2, -0.15) is 0 Å². The second kappa shape index (κ2) is 10.3. The van der Waals surface area contributed by atoms with E-state index in [1.165, 1.54) is 23.1 Å². The van der Waals surface area contributed by atoms with Gasteiger partial charge in [0.2, 0.25) is 0 Å². The number of halogens is 2. The minimum Gasteiger partial charge on any atom is -1.00 e. The Balaban J connectivity index is 0.00000196. The molecule has 149 valence electrons. The van der Waals surface area contributed by atoms with E-state index in [0.717, 1.165) is 3.63 Å². The van der Waals surface area contributed by atoms with Crippen molar-refractivity contribution < 1.29 is 47.2 Å². The normalized spacial score (nSPS) is 15.6. The Morgan fingerprint density at radius 2 is 1.57 bits per heavy atom.